The number of nitrogens with one attached hydrogen (secondary N) is 2. The predicted octanol–water partition coefficient (Wildman–Crippen LogP) is 2.83. The second-order valence-electron chi connectivity index (χ2n) is 6.65. The first-order valence-electron chi connectivity index (χ1n) is 9.14. The topological polar surface area (TPSA) is 105 Å². The molecule has 0 aliphatic carbocycles. The summed E-state index contributed by atoms with van der Waals surface area (Å²) in [5.41, 5.74) is 0.910. The lowest BCUT2D eigenvalue weighted by atomic mass is 10.1. The Morgan fingerprint density at radius 2 is 1.69 bits per heavy atom. The van der Waals surface area contributed by atoms with Gasteiger partial charge in [0.1, 0.15) is 17.5 Å². The molecule has 2 rings (SSSR count). The third-order valence-electron chi connectivity index (χ3n) is 3.79. The molecule has 0 bridgehead atoms. The maximum Gasteiger partial charge on any atom is 0.325 e. The molecule has 1 atom stereocenters. The Hall–Kier alpha value is -3.61. The van der Waals surface area contributed by atoms with E-state index in [1.165, 1.54) is 13.0 Å². The van der Waals surface area contributed by atoms with Gasteiger partial charge in [-0.05, 0) is 56.7 Å². The second-order valence-corrected chi connectivity index (χ2v) is 6.65. The molecular weight excluding hydrogens is 372 g/mol. The van der Waals surface area contributed by atoms with Crippen molar-refractivity contribution in [2.75, 3.05) is 0 Å². The first-order valence-corrected chi connectivity index (χ1v) is 9.14. The highest BCUT2D eigenvalue weighted by atomic mass is 16.5. The van der Waals surface area contributed by atoms with Crippen LogP contribution in [0.25, 0.3) is 6.08 Å². The van der Waals surface area contributed by atoms with Gasteiger partial charge in [0, 0.05) is 5.56 Å². The van der Waals surface area contributed by atoms with Crippen LogP contribution in [0, 0.1) is 0 Å². The molecule has 0 unspecified atom stereocenters. The summed E-state index contributed by atoms with van der Waals surface area (Å²) in [5, 5.41) is 14.0. The molecule has 0 fully saturated rings. The molecule has 0 aliphatic rings. The van der Waals surface area contributed by atoms with E-state index in [2.05, 4.69) is 10.6 Å². The van der Waals surface area contributed by atoms with Gasteiger partial charge in [0.05, 0.1) is 6.10 Å². The molecule has 0 aliphatic heterocycles. The minimum Gasteiger partial charge on any atom is -0.491 e. The van der Waals surface area contributed by atoms with Gasteiger partial charge in [-0.3, -0.25) is 14.4 Å². The molecule has 2 amide bonds. The van der Waals surface area contributed by atoms with Crippen molar-refractivity contribution in [1.82, 2.24) is 10.6 Å². The van der Waals surface area contributed by atoms with Crippen LogP contribution in [0.3, 0.4) is 0 Å². The molecule has 29 heavy (non-hydrogen) atoms. The van der Waals surface area contributed by atoms with Gasteiger partial charge in [-0.1, -0.05) is 30.3 Å². The van der Waals surface area contributed by atoms with Gasteiger partial charge >= 0.3 is 5.97 Å². The highest BCUT2D eigenvalue weighted by Gasteiger charge is 2.19. The largest absolute Gasteiger partial charge is 0.491 e. The average Bonchev–Trinajstić information content (AvgIpc) is 2.67. The molecule has 0 aromatic heterocycles. The molecule has 2 aromatic rings. The van der Waals surface area contributed by atoms with Crippen molar-refractivity contribution in [3.8, 4) is 5.75 Å². The van der Waals surface area contributed by atoms with Gasteiger partial charge in [0.2, 0.25) is 0 Å². The van der Waals surface area contributed by atoms with Crippen LogP contribution < -0.4 is 15.4 Å². The van der Waals surface area contributed by atoms with E-state index in [-0.39, 0.29) is 11.8 Å². The van der Waals surface area contributed by atoms with Crippen molar-refractivity contribution in [3.63, 3.8) is 0 Å². The molecule has 0 radical (unpaired) electrons. The van der Waals surface area contributed by atoms with Crippen LogP contribution >= 0.6 is 0 Å². The van der Waals surface area contributed by atoms with Crippen LogP contribution in [0.1, 0.15) is 36.7 Å². The molecule has 152 valence electrons. The monoisotopic (exact) mass is 396 g/mol. The van der Waals surface area contributed by atoms with E-state index in [4.69, 9.17) is 9.84 Å². The van der Waals surface area contributed by atoms with Crippen LogP contribution in [0.15, 0.2) is 60.3 Å². The summed E-state index contributed by atoms with van der Waals surface area (Å²) in [4.78, 5) is 36.2. The fourth-order valence-corrected chi connectivity index (χ4v) is 2.40. The molecule has 7 heteroatoms. The van der Waals surface area contributed by atoms with Crippen molar-refractivity contribution in [1.29, 1.82) is 0 Å². The first-order chi connectivity index (χ1) is 13.8. The molecule has 0 saturated carbocycles. The van der Waals surface area contributed by atoms with E-state index in [0.29, 0.717) is 16.9 Å². The van der Waals surface area contributed by atoms with Crippen LogP contribution in [0.4, 0.5) is 0 Å². The maximum absolute atomic E-state index is 12.6. The summed E-state index contributed by atoms with van der Waals surface area (Å²) in [6.07, 6.45) is 1.45. The third kappa shape index (κ3) is 6.80. The number of rotatable bonds is 8. The Morgan fingerprint density at radius 1 is 1.00 bits per heavy atom. The molecule has 0 spiro atoms. The van der Waals surface area contributed by atoms with Crippen molar-refractivity contribution >= 4 is 23.9 Å². The normalized spacial score (nSPS) is 12.2. The molecule has 3 N–H and O–H groups in total. The lowest BCUT2D eigenvalue weighted by Crippen LogP contribution is -2.42. The summed E-state index contributed by atoms with van der Waals surface area (Å²) in [7, 11) is 0. The highest BCUT2D eigenvalue weighted by molar-refractivity contribution is 6.06. The zero-order valence-electron chi connectivity index (χ0n) is 16.5. The Labute approximate surface area is 169 Å². The number of carboxylic acid groups (broad SMARTS) is 1. The van der Waals surface area contributed by atoms with Crippen LogP contribution in [0.2, 0.25) is 0 Å². The predicted molar refractivity (Wildman–Crippen MR) is 109 cm³/mol. The Kier molecular flexibility index (Phi) is 7.54. The summed E-state index contributed by atoms with van der Waals surface area (Å²) in [6, 6.07) is 14.3. The zero-order chi connectivity index (χ0) is 21.4. The Bertz CT molecular complexity index is 906. The van der Waals surface area contributed by atoms with Crippen molar-refractivity contribution in [2.45, 2.75) is 32.9 Å². The highest BCUT2D eigenvalue weighted by Crippen LogP contribution is 2.17. The molecular formula is C22H24N2O5. The van der Waals surface area contributed by atoms with Crippen molar-refractivity contribution in [2.24, 2.45) is 0 Å². The number of hydrogen-bond donors (Lipinski definition) is 3. The van der Waals surface area contributed by atoms with Crippen LogP contribution in [-0.2, 0) is 9.59 Å². The number of carbonyl (C=O) groups excluding carboxylic acids is 2. The smallest absolute Gasteiger partial charge is 0.325 e. The van der Waals surface area contributed by atoms with Crippen LogP contribution in [-0.4, -0.2) is 35.0 Å². The third-order valence-corrected chi connectivity index (χ3v) is 3.79. The van der Waals surface area contributed by atoms with E-state index in [0.717, 1.165) is 0 Å². The molecule has 7 nitrogen and oxygen atoms in total. The first kappa shape index (κ1) is 21.7. The Morgan fingerprint density at radius 3 is 2.31 bits per heavy atom. The van der Waals surface area contributed by atoms with Gasteiger partial charge in [-0.2, -0.15) is 0 Å². The summed E-state index contributed by atoms with van der Waals surface area (Å²) >= 11 is 0. The molecule has 0 heterocycles. The number of hydrogen-bond acceptors (Lipinski definition) is 4. The number of ether oxygens (including phenoxy) is 1. The van der Waals surface area contributed by atoms with Crippen molar-refractivity contribution < 1.29 is 24.2 Å². The average molecular weight is 396 g/mol. The van der Waals surface area contributed by atoms with Gasteiger partial charge in [-0.25, -0.2) is 0 Å². The van der Waals surface area contributed by atoms with E-state index in [9.17, 15) is 14.4 Å². The van der Waals surface area contributed by atoms with Gasteiger partial charge < -0.3 is 20.5 Å². The minimum atomic E-state index is -1.18. The van der Waals surface area contributed by atoms with Gasteiger partial charge in [0.15, 0.2) is 0 Å². The van der Waals surface area contributed by atoms with Gasteiger partial charge in [0.25, 0.3) is 11.8 Å². The van der Waals surface area contributed by atoms with Gasteiger partial charge in [-0.15, -0.1) is 0 Å². The number of carboxylic acids is 1. The zero-order valence-corrected chi connectivity index (χ0v) is 16.5. The maximum atomic E-state index is 12.6. The SMILES string of the molecule is CC(C)Oc1cccc(C=C(NC(=O)c2ccccc2)C(=O)N[C@H](C)C(=O)O)c1. The number of carbonyl (C=O) groups is 3. The summed E-state index contributed by atoms with van der Waals surface area (Å²) in [6.45, 7) is 5.14. The van der Waals surface area contributed by atoms with E-state index in [1.54, 1.807) is 54.6 Å². The fourth-order valence-electron chi connectivity index (χ4n) is 2.40. The minimum absolute atomic E-state index is 0.0220. The van der Waals surface area contributed by atoms with Crippen LogP contribution in [0.5, 0.6) is 5.75 Å². The van der Waals surface area contributed by atoms with E-state index < -0.39 is 23.8 Å². The fraction of sp³-hybridized carbons (Fsp3) is 0.227. The Balaban J connectivity index is 2.33. The summed E-state index contributed by atoms with van der Waals surface area (Å²) < 4.78 is 5.65. The lowest BCUT2D eigenvalue weighted by molar-refractivity contribution is -0.140. The van der Waals surface area contributed by atoms with E-state index in [1.807, 2.05) is 13.8 Å². The lowest BCUT2D eigenvalue weighted by Gasteiger charge is -2.14. The quantitative estimate of drug-likeness (QED) is 0.595. The number of benzene rings is 2. The summed E-state index contributed by atoms with van der Waals surface area (Å²) in [5.74, 6) is -1.76. The second kappa shape index (κ2) is 10.1. The standard InChI is InChI=1S/C22H24N2O5/c1-14(2)29-18-11-7-8-16(12-18)13-19(21(26)23-15(3)22(27)28)24-20(25)17-9-5-4-6-10-17/h4-15H,1-3H3,(H,23,26)(H,24,25)(H,27,28)/t15-/m1/s1. The molecule has 0 saturated heterocycles. The van der Waals surface area contributed by atoms with Crippen molar-refractivity contribution in [3.05, 3.63) is 71.4 Å². The number of aliphatic carboxylic acids is 1. The molecule has 2 aromatic carbocycles. The number of amides is 2. The van der Waals surface area contributed by atoms with E-state index >= 15 is 0 Å².